The SMILES string of the molecule is CCOC(=O)c1nn(-c2ccccc2)cc1OCc1ccc(F)c(F)c1. The van der Waals surface area contributed by atoms with Gasteiger partial charge in [0.25, 0.3) is 0 Å². The first-order valence-electron chi connectivity index (χ1n) is 7.97. The van der Waals surface area contributed by atoms with E-state index < -0.39 is 17.6 Å². The summed E-state index contributed by atoms with van der Waals surface area (Å²) in [6, 6.07) is 12.6. The van der Waals surface area contributed by atoms with Crippen LogP contribution in [0.5, 0.6) is 5.75 Å². The number of aromatic nitrogens is 2. The van der Waals surface area contributed by atoms with Crippen LogP contribution < -0.4 is 4.74 Å². The quantitative estimate of drug-likeness (QED) is 0.627. The van der Waals surface area contributed by atoms with Crippen molar-refractivity contribution in [3.05, 3.63) is 77.6 Å². The fourth-order valence-corrected chi connectivity index (χ4v) is 2.31. The number of halogens is 2. The number of hydrogen-bond acceptors (Lipinski definition) is 4. The van der Waals surface area contributed by atoms with E-state index in [0.29, 0.717) is 5.56 Å². The highest BCUT2D eigenvalue weighted by Gasteiger charge is 2.20. The number of benzene rings is 2. The predicted molar refractivity (Wildman–Crippen MR) is 90.2 cm³/mol. The Bertz CT molecular complexity index is 910. The summed E-state index contributed by atoms with van der Waals surface area (Å²) in [6.45, 7) is 1.83. The molecule has 0 saturated carbocycles. The van der Waals surface area contributed by atoms with Gasteiger partial charge in [-0.1, -0.05) is 24.3 Å². The third-order valence-electron chi connectivity index (χ3n) is 3.55. The zero-order chi connectivity index (χ0) is 18.5. The molecule has 0 saturated heterocycles. The monoisotopic (exact) mass is 358 g/mol. The Labute approximate surface area is 148 Å². The molecule has 3 rings (SSSR count). The van der Waals surface area contributed by atoms with E-state index in [4.69, 9.17) is 9.47 Å². The maximum absolute atomic E-state index is 13.3. The summed E-state index contributed by atoms with van der Waals surface area (Å²) < 4.78 is 38.4. The standard InChI is InChI=1S/C19H16F2N2O3/c1-2-25-19(24)18-17(11-23(22-18)14-6-4-3-5-7-14)26-12-13-8-9-15(20)16(21)10-13/h3-11H,2,12H2,1H3. The number of esters is 1. The lowest BCUT2D eigenvalue weighted by Crippen LogP contribution is -2.08. The fraction of sp³-hybridized carbons (Fsp3) is 0.158. The van der Waals surface area contributed by atoms with Gasteiger partial charge >= 0.3 is 5.97 Å². The van der Waals surface area contributed by atoms with Crippen molar-refractivity contribution in [2.45, 2.75) is 13.5 Å². The number of rotatable bonds is 6. The lowest BCUT2D eigenvalue weighted by molar-refractivity contribution is 0.0514. The Morgan fingerprint density at radius 2 is 1.88 bits per heavy atom. The van der Waals surface area contributed by atoms with E-state index in [2.05, 4.69) is 5.10 Å². The van der Waals surface area contributed by atoms with Crippen molar-refractivity contribution in [2.75, 3.05) is 6.61 Å². The molecule has 2 aromatic carbocycles. The molecular weight excluding hydrogens is 342 g/mol. The Hall–Kier alpha value is -3.22. The first-order chi connectivity index (χ1) is 12.6. The Kier molecular flexibility index (Phi) is 5.26. The van der Waals surface area contributed by atoms with Crippen LogP contribution in [0.4, 0.5) is 8.78 Å². The number of hydrogen-bond donors (Lipinski definition) is 0. The summed E-state index contributed by atoms with van der Waals surface area (Å²) in [5, 5.41) is 4.23. The zero-order valence-corrected chi connectivity index (χ0v) is 14.0. The van der Waals surface area contributed by atoms with Crippen molar-refractivity contribution in [1.29, 1.82) is 0 Å². The molecule has 0 radical (unpaired) electrons. The second-order valence-corrected chi connectivity index (χ2v) is 5.38. The van der Waals surface area contributed by atoms with Crippen LogP contribution in [-0.2, 0) is 11.3 Å². The largest absolute Gasteiger partial charge is 0.485 e. The first-order valence-corrected chi connectivity index (χ1v) is 7.97. The fourth-order valence-electron chi connectivity index (χ4n) is 2.31. The van der Waals surface area contributed by atoms with Gasteiger partial charge in [-0.2, -0.15) is 5.10 Å². The average molecular weight is 358 g/mol. The van der Waals surface area contributed by atoms with Gasteiger partial charge < -0.3 is 9.47 Å². The van der Waals surface area contributed by atoms with Crippen LogP contribution in [0.15, 0.2) is 54.7 Å². The van der Waals surface area contributed by atoms with Gasteiger partial charge in [0, 0.05) is 0 Å². The smallest absolute Gasteiger partial charge is 0.362 e. The number of carbonyl (C=O) groups excluding carboxylic acids is 1. The third kappa shape index (κ3) is 3.88. The Morgan fingerprint density at radius 3 is 2.58 bits per heavy atom. The van der Waals surface area contributed by atoms with Gasteiger partial charge in [0.2, 0.25) is 5.69 Å². The molecule has 134 valence electrons. The minimum Gasteiger partial charge on any atom is -0.485 e. The van der Waals surface area contributed by atoms with Crippen molar-refractivity contribution < 1.29 is 23.0 Å². The normalized spacial score (nSPS) is 10.6. The third-order valence-corrected chi connectivity index (χ3v) is 3.55. The molecule has 1 heterocycles. The predicted octanol–water partition coefficient (Wildman–Crippen LogP) is 3.91. The van der Waals surface area contributed by atoms with Crippen molar-refractivity contribution in [1.82, 2.24) is 9.78 Å². The molecule has 3 aromatic rings. The van der Waals surface area contributed by atoms with Crippen molar-refractivity contribution in [3.8, 4) is 11.4 Å². The van der Waals surface area contributed by atoms with E-state index in [1.807, 2.05) is 30.3 Å². The summed E-state index contributed by atoms with van der Waals surface area (Å²) in [5.74, 6) is -2.32. The molecule has 5 nitrogen and oxygen atoms in total. The van der Waals surface area contributed by atoms with E-state index in [1.54, 1.807) is 13.1 Å². The number of ether oxygens (including phenoxy) is 2. The van der Waals surface area contributed by atoms with Gasteiger partial charge in [-0.15, -0.1) is 0 Å². The molecular formula is C19H16F2N2O3. The molecule has 0 unspecified atom stereocenters. The molecule has 0 aliphatic heterocycles. The molecule has 0 amide bonds. The topological polar surface area (TPSA) is 53.3 Å². The van der Waals surface area contributed by atoms with E-state index in [1.165, 1.54) is 10.7 Å². The summed E-state index contributed by atoms with van der Waals surface area (Å²) in [7, 11) is 0. The summed E-state index contributed by atoms with van der Waals surface area (Å²) in [4.78, 5) is 12.1. The van der Waals surface area contributed by atoms with E-state index in [0.717, 1.165) is 17.8 Å². The van der Waals surface area contributed by atoms with Crippen LogP contribution in [0.2, 0.25) is 0 Å². The molecule has 7 heteroatoms. The van der Waals surface area contributed by atoms with Crippen LogP contribution in [0, 0.1) is 11.6 Å². The maximum Gasteiger partial charge on any atom is 0.362 e. The average Bonchev–Trinajstić information content (AvgIpc) is 3.08. The van der Waals surface area contributed by atoms with Crippen LogP contribution in [0.3, 0.4) is 0 Å². The van der Waals surface area contributed by atoms with Crippen LogP contribution >= 0.6 is 0 Å². The number of para-hydroxylation sites is 1. The minimum absolute atomic E-state index is 0.0123. The summed E-state index contributed by atoms with van der Waals surface area (Å²) in [6.07, 6.45) is 1.54. The van der Waals surface area contributed by atoms with Gasteiger partial charge in [-0.25, -0.2) is 18.3 Å². The van der Waals surface area contributed by atoms with Crippen molar-refractivity contribution >= 4 is 5.97 Å². The lowest BCUT2D eigenvalue weighted by atomic mass is 10.2. The highest BCUT2D eigenvalue weighted by atomic mass is 19.2. The number of carbonyl (C=O) groups is 1. The molecule has 0 fully saturated rings. The second-order valence-electron chi connectivity index (χ2n) is 5.38. The minimum atomic E-state index is -0.961. The lowest BCUT2D eigenvalue weighted by Gasteiger charge is -2.06. The van der Waals surface area contributed by atoms with Gasteiger partial charge in [0.1, 0.15) is 6.61 Å². The van der Waals surface area contributed by atoms with Gasteiger partial charge in [-0.3, -0.25) is 0 Å². The van der Waals surface area contributed by atoms with Crippen LogP contribution in [0.1, 0.15) is 23.0 Å². The molecule has 26 heavy (non-hydrogen) atoms. The highest BCUT2D eigenvalue weighted by molar-refractivity contribution is 5.90. The first kappa shape index (κ1) is 17.6. The zero-order valence-electron chi connectivity index (χ0n) is 14.0. The van der Waals surface area contributed by atoms with Crippen LogP contribution in [0.25, 0.3) is 5.69 Å². The van der Waals surface area contributed by atoms with Gasteiger partial charge in [0.05, 0.1) is 18.5 Å². The number of nitrogens with zero attached hydrogens (tertiary/aromatic N) is 2. The van der Waals surface area contributed by atoms with E-state index in [9.17, 15) is 13.6 Å². The van der Waals surface area contributed by atoms with Crippen LogP contribution in [-0.4, -0.2) is 22.4 Å². The Morgan fingerprint density at radius 1 is 1.12 bits per heavy atom. The molecule has 0 bridgehead atoms. The van der Waals surface area contributed by atoms with Crippen molar-refractivity contribution in [3.63, 3.8) is 0 Å². The molecule has 0 aliphatic rings. The molecule has 0 N–H and O–H groups in total. The Balaban J connectivity index is 1.87. The molecule has 0 aliphatic carbocycles. The molecule has 0 spiro atoms. The summed E-state index contributed by atoms with van der Waals surface area (Å²) >= 11 is 0. The summed E-state index contributed by atoms with van der Waals surface area (Å²) in [5.41, 5.74) is 1.17. The maximum atomic E-state index is 13.3. The van der Waals surface area contributed by atoms with Gasteiger partial charge in [0.15, 0.2) is 17.4 Å². The van der Waals surface area contributed by atoms with Crippen molar-refractivity contribution in [2.24, 2.45) is 0 Å². The van der Waals surface area contributed by atoms with Gasteiger partial charge in [-0.05, 0) is 36.8 Å². The molecule has 0 atom stereocenters. The van der Waals surface area contributed by atoms with E-state index in [-0.39, 0.29) is 24.7 Å². The van der Waals surface area contributed by atoms with E-state index >= 15 is 0 Å². The highest BCUT2D eigenvalue weighted by Crippen LogP contribution is 2.22. The second kappa shape index (κ2) is 7.77. The molecule has 1 aromatic heterocycles.